The Hall–Kier alpha value is -3.92. The standard InChI is InChI=1S/C22H17N5O2/c1-14-18(22(28)26-11-15(9-23)12-26)13-27-21(14)19(6-7-25-27)29-20-8-16-4-2-3-5-17(16)10-24-20/h2-8,10,13,15H,11-12H2,1H3. The third kappa shape index (κ3) is 2.86. The lowest BCUT2D eigenvalue weighted by Crippen LogP contribution is -2.49. The Morgan fingerprint density at radius 3 is 2.83 bits per heavy atom. The van der Waals surface area contributed by atoms with E-state index in [0.717, 1.165) is 21.9 Å². The van der Waals surface area contributed by atoms with Crippen LogP contribution in [-0.4, -0.2) is 38.5 Å². The number of carbonyl (C=O) groups excluding carboxylic acids is 1. The summed E-state index contributed by atoms with van der Waals surface area (Å²) >= 11 is 0. The van der Waals surface area contributed by atoms with Crippen molar-refractivity contribution < 1.29 is 9.53 Å². The van der Waals surface area contributed by atoms with Crippen molar-refractivity contribution in [2.24, 2.45) is 5.92 Å². The van der Waals surface area contributed by atoms with Crippen LogP contribution in [0, 0.1) is 24.2 Å². The molecule has 3 aromatic heterocycles. The first-order chi connectivity index (χ1) is 14.1. The SMILES string of the molecule is Cc1c(C(=O)N2CC(C#N)C2)cn2nccc(Oc3cc4ccccc4cn3)c12. The lowest BCUT2D eigenvalue weighted by atomic mass is 10.0. The third-order valence-electron chi connectivity index (χ3n) is 5.29. The van der Waals surface area contributed by atoms with Crippen molar-refractivity contribution in [3.63, 3.8) is 0 Å². The fraction of sp³-hybridized carbons (Fsp3) is 0.182. The predicted molar refractivity (Wildman–Crippen MR) is 107 cm³/mol. The minimum Gasteiger partial charge on any atom is -0.437 e. The number of benzene rings is 1. The van der Waals surface area contributed by atoms with Crippen molar-refractivity contribution in [1.82, 2.24) is 19.5 Å². The largest absolute Gasteiger partial charge is 0.437 e. The molecule has 29 heavy (non-hydrogen) atoms. The average Bonchev–Trinajstić information content (AvgIpc) is 3.05. The molecule has 7 heteroatoms. The van der Waals surface area contributed by atoms with Gasteiger partial charge in [-0.3, -0.25) is 4.79 Å². The van der Waals surface area contributed by atoms with Gasteiger partial charge in [-0.1, -0.05) is 24.3 Å². The molecule has 142 valence electrons. The maximum atomic E-state index is 12.8. The van der Waals surface area contributed by atoms with E-state index in [2.05, 4.69) is 16.2 Å². The van der Waals surface area contributed by atoms with Crippen molar-refractivity contribution in [3.05, 3.63) is 66.1 Å². The Morgan fingerprint density at radius 2 is 2.03 bits per heavy atom. The molecule has 1 aromatic carbocycles. The van der Waals surface area contributed by atoms with Crippen LogP contribution in [0.3, 0.4) is 0 Å². The van der Waals surface area contributed by atoms with Gasteiger partial charge in [0.25, 0.3) is 5.91 Å². The fourth-order valence-electron chi connectivity index (χ4n) is 3.65. The van der Waals surface area contributed by atoms with Gasteiger partial charge in [0, 0.05) is 43.0 Å². The Labute approximate surface area is 166 Å². The second-order valence-corrected chi connectivity index (χ2v) is 7.16. The molecule has 1 saturated heterocycles. The maximum Gasteiger partial charge on any atom is 0.255 e. The minimum absolute atomic E-state index is 0.0766. The van der Waals surface area contributed by atoms with Crippen LogP contribution < -0.4 is 4.74 Å². The van der Waals surface area contributed by atoms with E-state index in [9.17, 15) is 4.79 Å². The first kappa shape index (κ1) is 17.2. The van der Waals surface area contributed by atoms with Gasteiger partial charge in [-0.25, -0.2) is 9.50 Å². The number of hydrogen-bond donors (Lipinski definition) is 0. The first-order valence-electron chi connectivity index (χ1n) is 9.32. The highest BCUT2D eigenvalue weighted by Gasteiger charge is 2.32. The minimum atomic E-state index is -0.0886. The van der Waals surface area contributed by atoms with E-state index in [1.165, 1.54) is 0 Å². The second kappa shape index (κ2) is 6.60. The molecule has 0 spiro atoms. The van der Waals surface area contributed by atoms with Crippen molar-refractivity contribution in [2.75, 3.05) is 13.1 Å². The molecule has 4 heterocycles. The smallest absolute Gasteiger partial charge is 0.255 e. The van der Waals surface area contributed by atoms with E-state index in [-0.39, 0.29) is 11.8 Å². The molecule has 0 bridgehead atoms. The van der Waals surface area contributed by atoms with E-state index in [4.69, 9.17) is 10.00 Å². The number of aromatic nitrogens is 3. The molecule has 1 aliphatic heterocycles. The van der Waals surface area contributed by atoms with Gasteiger partial charge in [0.2, 0.25) is 5.88 Å². The quantitative estimate of drug-likeness (QED) is 0.540. The molecular formula is C22H17N5O2. The van der Waals surface area contributed by atoms with E-state index in [0.29, 0.717) is 30.3 Å². The maximum absolute atomic E-state index is 12.8. The van der Waals surface area contributed by atoms with Crippen LogP contribution in [0.5, 0.6) is 11.6 Å². The average molecular weight is 383 g/mol. The summed E-state index contributed by atoms with van der Waals surface area (Å²) in [5, 5.41) is 15.3. The van der Waals surface area contributed by atoms with E-state index in [1.807, 2.05) is 37.3 Å². The highest BCUT2D eigenvalue weighted by molar-refractivity contribution is 5.99. The van der Waals surface area contributed by atoms with E-state index < -0.39 is 0 Å². The number of rotatable bonds is 3. The molecule has 0 unspecified atom stereocenters. The highest BCUT2D eigenvalue weighted by Crippen LogP contribution is 2.31. The molecule has 0 radical (unpaired) electrons. The number of nitrogens with zero attached hydrogens (tertiary/aromatic N) is 5. The van der Waals surface area contributed by atoms with Crippen molar-refractivity contribution in [1.29, 1.82) is 5.26 Å². The van der Waals surface area contributed by atoms with Gasteiger partial charge in [0.15, 0.2) is 5.75 Å². The van der Waals surface area contributed by atoms with Crippen LogP contribution >= 0.6 is 0 Å². The van der Waals surface area contributed by atoms with Gasteiger partial charge in [0.1, 0.15) is 5.52 Å². The van der Waals surface area contributed by atoms with E-state index in [1.54, 1.807) is 34.1 Å². The molecular weight excluding hydrogens is 366 g/mol. The molecule has 5 rings (SSSR count). The summed E-state index contributed by atoms with van der Waals surface area (Å²) in [6, 6.07) is 13.8. The number of amides is 1. The first-order valence-corrected chi connectivity index (χ1v) is 9.32. The molecule has 7 nitrogen and oxygen atoms in total. The Kier molecular flexibility index (Phi) is 3.91. The second-order valence-electron chi connectivity index (χ2n) is 7.16. The summed E-state index contributed by atoms with van der Waals surface area (Å²) in [5.41, 5.74) is 2.08. The Morgan fingerprint density at radius 1 is 1.24 bits per heavy atom. The van der Waals surface area contributed by atoms with Crippen LogP contribution in [0.25, 0.3) is 16.3 Å². The predicted octanol–water partition coefficient (Wildman–Crippen LogP) is 3.58. The lowest BCUT2D eigenvalue weighted by Gasteiger charge is -2.35. The number of likely N-dealkylation sites (tertiary alicyclic amines) is 1. The lowest BCUT2D eigenvalue weighted by molar-refractivity contribution is 0.0576. The molecule has 1 aliphatic rings. The number of fused-ring (bicyclic) bond motifs is 2. The summed E-state index contributed by atoms with van der Waals surface area (Å²) in [4.78, 5) is 18.9. The summed E-state index contributed by atoms with van der Waals surface area (Å²) in [6.07, 6.45) is 5.12. The van der Waals surface area contributed by atoms with Crippen molar-refractivity contribution in [2.45, 2.75) is 6.92 Å². The molecule has 0 saturated carbocycles. The van der Waals surface area contributed by atoms with E-state index >= 15 is 0 Å². The monoisotopic (exact) mass is 383 g/mol. The Bertz CT molecular complexity index is 1300. The summed E-state index contributed by atoms with van der Waals surface area (Å²) in [6.45, 7) is 2.82. The van der Waals surface area contributed by atoms with Gasteiger partial charge in [-0.15, -0.1) is 0 Å². The van der Waals surface area contributed by atoms with Crippen LogP contribution in [0.2, 0.25) is 0 Å². The molecule has 1 amide bonds. The number of carbonyl (C=O) groups is 1. The zero-order valence-corrected chi connectivity index (χ0v) is 15.7. The number of nitriles is 1. The van der Waals surface area contributed by atoms with Crippen LogP contribution in [0.15, 0.2) is 55.0 Å². The fourth-order valence-corrected chi connectivity index (χ4v) is 3.65. The van der Waals surface area contributed by atoms with Gasteiger partial charge < -0.3 is 9.64 Å². The molecule has 0 N–H and O–H groups in total. The zero-order chi connectivity index (χ0) is 20.0. The van der Waals surface area contributed by atoms with Crippen molar-refractivity contribution in [3.8, 4) is 17.7 Å². The van der Waals surface area contributed by atoms with Crippen molar-refractivity contribution >= 4 is 22.2 Å². The summed E-state index contributed by atoms with van der Waals surface area (Å²) < 4.78 is 7.72. The summed E-state index contributed by atoms with van der Waals surface area (Å²) in [5.74, 6) is 0.893. The number of ether oxygens (including phenoxy) is 1. The van der Waals surface area contributed by atoms with Crippen LogP contribution in [0.1, 0.15) is 15.9 Å². The van der Waals surface area contributed by atoms with Crippen LogP contribution in [0.4, 0.5) is 0 Å². The van der Waals surface area contributed by atoms with Crippen LogP contribution in [-0.2, 0) is 0 Å². The van der Waals surface area contributed by atoms with Gasteiger partial charge >= 0.3 is 0 Å². The Balaban J connectivity index is 1.50. The molecule has 4 aromatic rings. The number of pyridine rings is 1. The highest BCUT2D eigenvalue weighted by atomic mass is 16.5. The van der Waals surface area contributed by atoms with Gasteiger partial charge in [0.05, 0.1) is 23.7 Å². The topological polar surface area (TPSA) is 83.5 Å². The summed E-state index contributed by atoms with van der Waals surface area (Å²) in [7, 11) is 0. The number of aryl methyl sites for hydroxylation is 1. The number of hydrogen-bond acceptors (Lipinski definition) is 5. The third-order valence-corrected chi connectivity index (χ3v) is 5.29. The molecule has 0 aliphatic carbocycles. The van der Waals surface area contributed by atoms with Gasteiger partial charge in [-0.05, 0) is 17.9 Å². The molecule has 0 atom stereocenters. The molecule has 1 fully saturated rings. The normalized spacial score (nSPS) is 14.0. The van der Waals surface area contributed by atoms with Gasteiger partial charge in [-0.2, -0.15) is 10.4 Å². The zero-order valence-electron chi connectivity index (χ0n) is 15.7.